The van der Waals surface area contributed by atoms with E-state index in [1.54, 1.807) is 28.9 Å². The first-order valence-electron chi connectivity index (χ1n) is 6.36. The number of oxime groups is 1. The number of amides is 1. The molecule has 21 heavy (non-hydrogen) atoms. The van der Waals surface area contributed by atoms with Crippen molar-refractivity contribution < 1.29 is 10.0 Å². The van der Waals surface area contributed by atoms with Crippen LogP contribution in [0.25, 0.3) is 0 Å². The van der Waals surface area contributed by atoms with Gasteiger partial charge in [-0.2, -0.15) is 5.10 Å². The van der Waals surface area contributed by atoms with Gasteiger partial charge in [0.25, 0.3) is 5.91 Å². The second kappa shape index (κ2) is 6.08. The molecule has 2 aromatic rings. The van der Waals surface area contributed by atoms with Gasteiger partial charge in [-0.1, -0.05) is 17.3 Å². The quantitative estimate of drug-likeness (QED) is 0.334. The first-order chi connectivity index (χ1) is 10.0. The molecule has 0 saturated carbocycles. The molecule has 1 aromatic carbocycles. The van der Waals surface area contributed by atoms with Crippen molar-refractivity contribution in [3.8, 4) is 0 Å². The summed E-state index contributed by atoms with van der Waals surface area (Å²) in [6.45, 7) is 2.31. The van der Waals surface area contributed by atoms with Crippen molar-refractivity contribution in [1.82, 2.24) is 15.1 Å². The van der Waals surface area contributed by atoms with Gasteiger partial charge in [-0.3, -0.25) is 9.48 Å². The van der Waals surface area contributed by atoms with Gasteiger partial charge in [-0.25, -0.2) is 0 Å². The second-order valence-corrected chi connectivity index (χ2v) is 4.66. The SMILES string of the molecule is Cc1nn(C)cc1CNC(=O)c1ccc(/C(N)=N/O)cc1. The van der Waals surface area contributed by atoms with E-state index in [0.29, 0.717) is 17.7 Å². The number of carbonyl (C=O) groups excluding carboxylic acids is 1. The van der Waals surface area contributed by atoms with Crippen LogP contribution in [0.2, 0.25) is 0 Å². The highest BCUT2D eigenvalue weighted by Crippen LogP contribution is 2.07. The Hall–Kier alpha value is -2.83. The number of nitrogens with zero attached hydrogens (tertiary/aromatic N) is 3. The summed E-state index contributed by atoms with van der Waals surface area (Å²) < 4.78 is 1.71. The molecule has 1 aromatic heterocycles. The van der Waals surface area contributed by atoms with Gasteiger partial charge < -0.3 is 16.3 Å². The second-order valence-electron chi connectivity index (χ2n) is 4.66. The van der Waals surface area contributed by atoms with Crippen molar-refractivity contribution in [2.45, 2.75) is 13.5 Å². The zero-order valence-corrected chi connectivity index (χ0v) is 11.9. The molecule has 1 amide bonds. The summed E-state index contributed by atoms with van der Waals surface area (Å²) >= 11 is 0. The molecule has 0 fully saturated rings. The largest absolute Gasteiger partial charge is 0.409 e. The first kappa shape index (κ1) is 14.6. The molecule has 0 aliphatic carbocycles. The molecule has 7 nitrogen and oxygen atoms in total. The normalized spacial score (nSPS) is 11.4. The van der Waals surface area contributed by atoms with E-state index in [0.717, 1.165) is 11.3 Å². The predicted octanol–water partition coefficient (Wildman–Crippen LogP) is 0.753. The molecule has 1 heterocycles. The van der Waals surface area contributed by atoms with Crippen molar-refractivity contribution in [2.75, 3.05) is 0 Å². The average Bonchev–Trinajstić information content (AvgIpc) is 2.82. The number of hydrogen-bond acceptors (Lipinski definition) is 4. The highest BCUT2D eigenvalue weighted by Gasteiger charge is 2.08. The molecule has 0 aliphatic rings. The third-order valence-corrected chi connectivity index (χ3v) is 3.11. The number of hydrogen-bond donors (Lipinski definition) is 3. The third-order valence-electron chi connectivity index (χ3n) is 3.11. The van der Waals surface area contributed by atoms with Gasteiger partial charge in [0, 0.05) is 36.5 Å². The fraction of sp³-hybridized carbons (Fsp3) is 0.214. The van der Waals surface area contributed by atoms with Crippen molar-refractivity contribution in [3.63, 3.8) is 0 Å². The van der Waals surface area contributed by atoms with E-state index in [1.807, 2.05) is 20.2 Å². The molecular formula is C14H17N5O2. The number of nitrogens with one attached hydrogen (secondary N) is 1. The van der Waals surface area contributed by atoms with E-state index in [-0.39, 0.29) is 11.7 Å². The fourth-order valence-corrected chi connectivity index (χ4v) is 1.95. The number of aromatic nitrogens is 2. The molecule has 110 valence electrons. The van der Waals surface area contributed by atoms with Crippen LogP contribution < -0.4 is 11.1 Å². The number of amidine groups is 1. The smallest absolute Gasteiger partial charge is 0.251 e. The molecule has 0 spiro atoms. The van der Waals surface area contributed by atoms with Crippen molar-refractivity contribution >= 4 is 11.7 Å². The van der Waals surface area contributed by atoms with Crippen LogP contribution in [0.1, 0.15) is 27.2 Å². The Morgan fingerprint density at radius 1 is 1.38 bits per heavy atom. The van der Waals surface area contributed by atoms with Crippen LogP contribution in [0.4, 0.5) is 0 Å². The topological polar surface area (TPSA) is 106 Å². The number of benzene rings is 1. The van der Waals surface area contributed by atoms with Crippen molar-refractivity contribution in [1.29, 1.82) is 0 Å². The maximum atomic E-state index is 12.0. The third kappa shape index (κ3) is 3.38. The standard InChI is InChI=1S/C14H17N5O2/c1-9-12(8-19(2)17-9)7-16-14(20)11-5-3-10(4-6-11)13(15)18-21/h3-6,8,21H,7H2,1-2H3,(H2,15,18)(H,16,20). The Balaban J connectivity index is 2.02. The summed E-state index contributed by atoms with van der Waals surface area (Å²) in [5.41, 5.74) is 8.38. The Morgan fingerprint density at radius 3 is 2.52 bits per heavy atom. The number of carbonyl (C=O) groups is 1. The molecule has 0 radical (unpaired) electrons. The molecule has 2 rings (SSSR count). The lowest BCUT2D eigenvalue weighted by Crippen LogP contribution is -2.23. The van der Waals surface area contributed by atoms with E-state index < -0.39 is 0 Å². The molecule has 7 heteroatoms. The lowest BCUT2D eigenvalue weighted by atomic mass is 10.1. The van der Waals surface area contributed by atoms with Crippen LogP contribution in [-0.2, 0) is 13.6 Å². The summed E-state index contributed by atoms with van der Waals surface area (Å²) in [6.07, 6.45) is 1.87. The molecule has 4 N–H and O–H groups in total. The van der Waals surface area contributed by atoms with Crippen LogP contribution in [0.5, 0.6) is 0 Å². The Kier molecular flexibility index (Phi) is 4.22. The molecule has 0 aliphatic heterocycles. The van der Waals surface area contributed by atoms with Crippen LogP contribution >= 0.6 is 0 Å². The molecular weight excluding hydrogens is 270 g/mol. The van der Waals surface area contributed by atoms with E-state index in [1.165, 1.54) is 0 Å². The molecule has 0 unspecified atom stereocenters. The summed E-state index contributed by atoms with van der Waals surface area (Å²) in [7, 11) is 1.84. The summed E-state index contributed by atoms with van der Waals surface area (Å²) in [5, 5.41) is 18.5. The van der Waals surface area contributed by atoms with Gasteiger partial charge in [0.05, 0.1) is 5.69 Å². The van der Waals surface area contributed by atoms with E-state index >= 15 is 0 Å². The molecule has 0 atom stereocenters. The van der Waals surface area contributed by atoms with Gasteiger partial charge in [-0.15, -0.1) is 0 Å². The van der Waals surface area contributed by atoms with Crippen LogP contribution in [0.15, 0.2) is 35.6 Å². The van der Waals surface area contributed by atoms with E-state index in [9.17, 15) is 4.79 Å². The summed E-state index contributed by atoms with van der Waals surface area (Å²) in [5.74, 6) is -0.183. The minimum Gasteiger partial charge on any atom is -0.409 e. The molecule has 0 bridgehead atoms. The lowest BCUT2D eigenvalue weighted by Gasteiger charge is -2.05. The Bertz CT molecular complexity index is 673. The highest BCUT2D eigenvalue weighted by atomic mass is 16.4. The zero-order valence-electron chi connectivity index (χ0n) is 11.9. The maximum Gasteiger partial charge on any atom is 0.251 e. The minimum absolute atomic E-state index is 0.00735. The molecule has 0 saturated heterocycles. The Labute approximate surface area is 122 Å². The Morgan fingerprint density at radius 2 is 2.00 bits per heavy atom. The van der Waals surface area contributed by atoms with Gasteiger partial charge in [0.2, 0.25) is 0 Å². The number of nitrogens with two attached hydrogens (primary N) is 1. The zero-order chi connectivity index (χ0) is 15.4. The van der Waals surface area contributed by atoms with Gasteiger partial charge in [0.1, 0.15) is 0 Å². The van der Waals surface area contributed by atoms with Gasteiger partial charge in [-0.05, 0) is 19.1 Å². The van der Waals surface area contributed by atoms with Crippen molar-refractivity contribution in [2.24, 2.45) is 17.9 Å². The van der Waals surface area contributed by atoms with Gasteiger partial charge >= 0.3 is 0 Å². The average molecular weight is 287 g/mol. The number of aryl methyl sites for hydroxylation is 2. The maximum absolute atomic E-state index is 12.0. The monoisotopic (exact) mass is 287 g/mol. The predicted molar refractivity (Wildman–Crippen MR) is 78.1 cm³/mol. The van der Waals surface area contributed by atoms with Crippen LogP contribution in [-0.4, -0.2) is 26.7 Å². The summed E-state index contributed by atoms with van der Waals surface area (Å²) in [6, 6.07) is 6.50. The fourth-order valence-electron chi connectivity index (χ4n) is 1.95. The van der Waals surface area contributed by atoms with E-state index in [4.69, 9.17) is 10.9 Å². The summed E-state index contributed by atoms with van der Waals surface area (Å²) in [4.78, 5) is 12.0. The first-order valence-corrected chi connectivity index (χ1v) is 6.36. The van der Waals surface area contributed by atoms with Crippen molar-refractivity contribution in [3.05, 3.63) is 52.8 Å². The minimum atomic E-state index is -0.190. The van der Waals surface area contributed by atoms with Crippen LogP contribution in [0.3, 0.4) is 0 Å². The highest BCUT2D eigenvalue weighted by molar-refractivity contribution is 5.99. The lowest BCUT2D eigenvalue weighted by molar-refractivity contribution is 0.0951. The van der Waals surface area contributed by atoms with Gasteiger partial charge in [0.15, 0.2) is 5.84 Å². The van der Waals surface area contributed by atoms with E-state index in [2.05, 4.69) is 15.6 Å². The number of rotatable bonds is 4. The van der Waals surface area contributed by atoms with Crippen LogP contribution in [0, 0.1) is 6.92 Å².